The zero-order valence-electron chi connectivity index (χ0n) is 16.6. The Morgan fingerprint density at radius 3 is 3.00 bits per heavy atom. The van der Waals surface area contributed by atoms with Crippen LogP contribution in [0.3, 0.4) is 0 Å². The lowest BCUT2D eigenvalue weighted by Crippen LogP contribution is -2.34. The van der Waals surface area contributed by atoms with Crippen molar-refractivity contribution in [1.29, 1.82) is 5.26 Å². The summed E-state index contributed by atoms with van der Waals surface area (Å²) in [4.78, 5) is 31.8. The molecule has 0 aliphatic rings. The number of H-pyrrole nitrogens is 1. The van der Waals surface area contributed by atoms with Crippen molar-refractivity contribution < 1.29 is 4.79 Å². The van der Waals surface area contributed by atoms with Crippen molar-refractivity contribution in [3.63, 3.8) is 0 Å². The average Bonchev–Trinajstić information content (AvgIpc) is 3.48. The number of carbonyl (C=O) groups is 1. The van der Waals surface area contributed by atoms with E-state index >= 15 is 0 Å². The maximum Gasteiger partial charge on any atom is 0.263 e. The van der Waals surface area contributed by atoms with Gasteiger partial charge in [0.2, 0.25) is 5.91 Å². The number of nitriles is 1. The normalized spacial score (nSPS) is 11.0. The molecule has 0 radical (unpaired) electrons. The van der Waals surface area contributed by atoms with E-state index in [0.29, 0.717) is 46.7 Å². The van der Waals surface area contributed by atoms with Gasteiger partial charge in [0, 0.05) is 22.4 Å². The number of nitrogens with zero attached hydrogens (tertiary/aromatic N) is 4. The Morgan fingerprint density at radius 1 is 1.42 bits per heavy atom. The van der Waals surface area contributed by atoms with Gasteiger partial charge >= 0.3 is 0 Å². The Hall–Kier alpha value is -3.49. The van der Waals surface area contributed by atoms with Gasteiger partial charge < -0.3 is 11.1 Å². The first-order chi connectivity index (χ1) is 15.0. The van der Waals surface area contributed by atoms with Crippen LogP contribution in [-0.4, -0.2) is 32.2 Å². The van der Waals surface area contributed by atoms with Gasteiger partial charge in [0.25, 0.3) is 5.56 Å². The Kier molecular flexibility index (Phi) is 5.83. The number of anilines is 1. The Bertz CT molecular complexity index is 1340. The third kappa shape index (κ3) is 4.08. The molecule has 0 aliphatic heterocycles. The minimum Gasteiger partial charge on any atom is -0.381 e. The molecule has 4 aromatic rings. The van der Waals surface area contributed by atoms with E-state index in [0.717, 1.165) is 10.4 Å². The molecule has 4 N–H and O–H groups in total. The number of fused-ring (bicyclic) bond motifs is 1. The number of hydrogen-bond acceptors (Lipinski definition) is 8. The van der Waals surface area contributed by atoms with Gasteiger partial charge in [-0.2, -0.15) is 10.4 Å². The first-order valence-corrected chi connectivity index (χ1v) is 11.3. The molecule has 0 unspecified atom stereocenters. The Morgan fingerprint density at radius 2 is 2.26 bits per heavy atom. The van der Waals surface area contributed by atoms with Gasteiger partial charge in [0.05, 0.1) is 11.1 Å². The number of carbonyl (C=O) groups excluding carboxylic acids is 1. The Labute approximate surface area is 185 Å². The fourth-order valence-electron chi connectivity index (χ4n) is 3.32. The summed E-state index contributed by atoms with van der Waals surface area (Å²) in [6.07, 6.45) is 1.12. The fourth-order valence-corrected chi connectivity index (χ4v) is 5.12. The molecule has 9 nitrogen and oxygen atoms in total. The molecule has 4 aromatic heterocycles. The molecule has 158 valence electrons. The maximum atomic E-state index is 13.2. The molecule has 0 spiro atoms. The third-order valence-electron chi connectivity index (χ3n) is 4.88. The largest absolute Gasteiger partial charge is 0.381 e. The van der Waals surface area contributed by atoms with Gasteiger partial charge in [0.15, 0.2) is 5.82 Å². The lowest BCUT2D eigenvalue weighted by Gasteiger charge is -2.10. The molecule has 4 rings (SSSR count). The van der Waals surface area contributed by atoms with Crippen LogP contribution in [0.1, 0.15) is 23.5 Å². The number of aromatic nitrogens is 4. The lowest BCUT2D eigenvalue weighted by molar-refractivity contribution is -0.121. The number of amides is 1. The lowest BCUT2D eigenvalue weighted by atomic mass is 10.1. The van der Waals surface area contributed by atoms with E-state index in [1.54, 1.807) is 18.3 Å². The average molecular weight is 454 g/mol. The summed E-state index contributed by atoms with van der Waals surface area (Å²) in [7, 11) is 0. The van der Waals surface area contributed by atoms with Gasteiger partial charge in [-0.05, 0) is 31.2 Å². The summed E-state index contributed by atoms with van der Waals surface area (Å²) < 4.78 is 1.41. The van der Waals surface area contributed by atoms with Crippen molar-refractivity contribution in [2.24, 2.45) is 0 Å². The molecule has 4 heterocycles. The second kappa shape index (κ2) is 8.71. The van der Waals surface area contributed by atoms with Crippen LogP contribution in [0.4, 0.5) is 5.82 Å². The highest BCUT2D eigenvalue weighted by Gasteiger charge is 2.17. The van der Waals surface area contributed by atoms with E-state index in [2.05, 4.69) is 20.5 Å². The Balaban J connectivity index is 1.44. The van der Waals surface area contributed by atoms with E-state index in [9.17, 15) is 9.59 Å². The molecule has 0 saturated heterocycles. The molecular formula is C20H19N7O2S2. The number of nitrogens with two attached hydrogens (primary N) is 1. The smallest absolute Gasteiger partial charge is 0.263 e. The number of aromatic amines is 1. The highest BCUT2D eigenvalue weighted by atomic mass is 32.1. The van der Waals surface area contributed by atoms with E-state index in [-0.39, 0.29) is 23.8 Å². The van der Waals surface area contributed by atoms with Gasteiger partial charge in [-0.15, -0.1) is 22.7 Å². The molecule has 0 bridgehead atoms. The van der Waals surface area contributed by atoms with Crippen molar-refractivity contribution in [2.75, 3.05) is 12.3 Å². The SMILES string of the molecule is Cc1nc2scc(-c3cccs3)c2c(=O)n1CC(=O)NCCCc1[nH]nc(N)c1C#N. The van der Waals surface area contributed by atoms with Crippen LogP contribution in [0.5, 0.6) is 0 Å². The molecule has 1 amide bonds. The monoisotopic (exact) mass is 453 g/mol. The zero-order chi connectivity index (χ0) is 22.0. The first kappa shape index (κ1) is 20.8. The van der Waals surface area contributed by atoms with Crippen LogP contribution in [0.15, 0.2) is 27.7 Å². The number of rotatable bonds is 7. The van der Waals surface area contributed by atoms with Crippen LogP contribution >= 0.6 is 22.7 Å². The standard InChI is InChI=1S/C20H19N7O2S2/c1-11-24-19-17(13(10-31-19)15-5-3-7-30-15)20(29)27(11)9-16(28)23-6-2-4-14-12(8-21)18(22)26-25-14/h3,5,7,10H,2,4,6,9H2,1H3,(H,23,28)(H3,22,25,26). The second-order valence-electron chi connectivity index (χ2n) is 6.88. The fraction of sp³-hybridized carbons (Fsp3) is 0.250. The quantitative estimate of drug-likeness (QED) is 0.367. The molecule has 0 atom stereocenters. The van der Waals surface area contributed by atoms with E-state index < -0.39 is 0 Å². The minimum atomic E-state index is -0.274. The van der Waals surface area contributed by atoms with Crippen LogP contribution in [0.25, 0.3) is 20.7 Å². The maximum absolute atomic E-state index is 13.2. The van der Waals surface area contributed by atoms with Crippen molar-refractivity contribution in [2.45, 2.75) is 26.3 Å². The van der Waals surface area contributed by atoms with Crippen LogP contribution < -0.4 is 16.6 Å². The number of thiophene rings is 2. The van der Waals surface area contributed by atoms with Crippen molar-refractivity contribution in [1.82, 2.24) is 25.1 Å². The summed E-state index contributed by atoms with van der Waals surface area (Å²) in [5.74, 6) is 0.400. The predicted molar refractivity (Wildman–Crippen MR) is 121 cm³/mol. The minimum absolute atomic E-state index is 0.103. The number of nitrogen functional groups attached to an aromatic ring is 1. The van der Waals surface area contributed by atoms with Gasteiger partial charge in [-0.1, -0.05) is 6.07 Å². The van der Waals surface area contributed by atoms with E-state index in [1.165, 1.54) is 15.9 Å². The van der Waals surface area contributed by atoms with Crippen LogP contribution in [0, 0.1) is 18.3 Å². The van der Waals surface area contributed by atoms with Crippen LogP contribution in [-0.2, 0) is 17.8 Å². The molecule has 11 heteroatoms. The first-order valence-electron chi connectivity index (χ1n) is 9.51. The second-order valence-corrected chi connectivity index (χ2v) is 8.69. The van der Waals surface area contributed by atoms with Gasteiger partial charge in [-0.3, -0.25) is 19.3 Å². The van der Waals surface area contributed by atoms with Crippen molar-refractivity contribution in [3.8, 4) is 16.5 Å². The van der Waals surface area contributed by atoms with Crippen LogP contribution in [0.2, 0.25) is 0 Å². The van der Waals surface area contributed by atoms with Crippen molar-refractivity contribution >= 4 is 44.6 Å². The summed E-state index contributed by atoms with van der Waals surface area (Å²) >= 11 is 2.99. The van der Waals surface area contributed by atoms with Gasteiger partial charge in [-0.25, -0.2) is 4.98 Å². The number of nitrogens with one attached hydrogen (secondary N) is 2. The zero-order valence-corrected chi connectivity index (χ0v) is 18.3. The number of hydrogen-bond donors (Lipinski definition) is 3. The van der Waals surface area contributed by atoms with E-state index in [4.69, 9.17) is 11.0 Å². The highest BCUT2D eigenvalue weighted by molar-refractivity contribution is 7.18. The summed E-state index contributed by atoms with van der Waals surface area (Å²) in [6, 6.07) is 5.92. The third-order valence-corrected chi connectivity index (χ3v) is 6.66. The summed E-state index contributed by atoms with van der Waals surface area (Å²) in [5, 5.41) is 22.9. The molecular weight excluding hydrogens is 434 g/mol. The molecule has 0 fully saturated rings. The molecule has 31 heavy (non-hydrogen) atoms. The predicted octanol–water partition coefficient (Wildman–Crippen LogP) is 2.42. The molecule has 0 aromatic carbocycles. The highest BCUT2D eigenvalue weighted by Crippen LogP contribution is 2.33. The molecule has 0 aliphatic carbocycles. The summed E-state index contributed by atoms with van der Waals surface area (Å²) in [5.41, 5.74) is 7.25. The summed E-state index contributed by atoms with van der Waals surface area (Å²) in [6.45, 7) is 2.02. The van der Waals surface area contributed by atoms with Crippen molar-refractivity contribution in [3.05, 3.63) is 50.3 Å². The molecule has 0 saturated carbocycles. The topological polar surface area (TPSA) is 142 Å². The number of aryl methyl sites for hydroxylation is 2. The van der Waals surface area contributed by atoms with E-state index in [1.807, 2.05) is 29.0 Å². The van der Waals surface area contributed by atoms with Gasteiger partial charge in [0.1, 0.15) is 28.8 Å².